The fourth-order valence-electron chi connectivity index (χ4n) is 2.15. The van der Waals surface area contributed by atoms with E-state index in [1.807, 2.05) is 0 Å². The van der Waals surface area contributed by atoms with Crippen molar-refractivity contribution in [2.75, 3.05) is 13.7 Å². The van der Waals surface area contributed by atoms with Gasteiger partial charge in [0, 0.05) is 19.3 Å². The summed E-state index contributed by atoms with van der Waals surface area (Å²) >= 11 is 6.07. The number of aryl methyl sites for hydroxylation is 1. The van der Waals surface area contributed by atoms with Crippen LogP contribution in [0, 0.1) is 0 Å². The summed E-state index contributed by atoms with van der Waals surface area (Å²) in [6.07, 6.45) is 0. The van der Waals surface area contributed by atoms with Crippen molar-refractivity contribution >= 4 is 28.6 Å². The molecule has 0 fully saturated rings. The van der Waals surface area contributed by atoms with Crippen molar-refractivity contribution in [3.05, 3.63) is 22.3 Å². The molecular weight excluding hydrogens is 282 g/mol. The molecule has 0 saturated heterocycles. The van der Waals surface area contributed by atoms with Gasteiger partial charge in [0.25, 0.3) is 0 Å². The van der Waals surface area contributed by atoms with Gasteiger partial charge in [-0.2, -0.15) is 0 Å². The largest absolute Gasteiger partial charge is 0.480 e. The predicted molar refractivity (Wildman–Crippen MR) is 76.1 cm³/mol. The highest BCUT2D eigenvalue weighted by Gasteiger charge is 2.24. The Hall–Kier alpha value is -1.79. The molecule has 20 heavy (non-hydrogen) atoms. The minimum atomic E-state index is -0.449. The van der Waals surface area contributed by atoms with Crippen LogP contribution in [-0.2, 0) is 18.3 Å². The second kappa shape index (κ2) is 5.68. The van der Waals surface area contributed by atoms with Crippen molar-refractivity contribution in [1.29, 1.82) is 0 Å². The molecule has 0 spiro atoms. The van der Waals surface area contributed by atoms with Gasteiger partial charge in [0.2, 0.25) is 5.88 Å². The van der Waals surface area contributed by atoms with E-state index in [-0.39, 0.29) is 19.0 Å². The van der Waals surface area contributed by atoms with Gasteiger partial charge in [0.05, 0.1) is 19.2 Å². The molecule has 0 aliphatic carbocycles. The Labute approximate surface area is 121 Å². The minimum Gasteiger partial charge on any atom is -0.480 e. The Kier molecular flexibility index (Phi) is 4.15. The van der Waals surface area contributed by atoms with E-state index in [1.165, 1.54) is 7.11 Å². The van der Waals surface area contributed by atoms with Crippen molar-refractivity contribution in [1.82, 2.24) is 9.55 Å². The number of rotatable bonds is 4. The molecular formula is C13H16ClN3O3. The maximum Gasteiger partial charge on any atom is 0.342 e. The standard InChI is InChI=1S/C13H16ClN3O3/c1-4-20-13(18)10-9(6-15)17(2)8-5-7(14)12(19-3)16-11(8)10/h5H,4,6,15H2,1-3H3. The third-order valence-electron chi connectivity index (χ3n) is 3.08. The maximum absolute atomic E-state index is 12.1. The van der Waals surface area contributed by atoms with E-state index in [2.05, 4.69) is 4.98 Å². The smallest absolute Gasteiger partial charge is 0.342 e. The number of fused-ring (bicyclic) bond motifs is 1. The van der Waals surface area contributed by atoms with E-state index in [9.17, 15) is 4.79 Å². The molecule has 0 amide bonds. The fraction of sp³-hybridized carbons (Fsp3) is 0.385. The third kappa shape index (κ3) is 2.21. The highest BCUT2D eigenvalue weighted by molar-refractivity contribution is 6.32. The van der Waals surface area contributed by atoms with Gasteiger partial charge >= 0.3 is 5.97 Å². The molecule has 2 aromatic heterocycles. The quantitative estimate of drug-likeness (QED) is 0.872. The summed E-state index contributed by atoms with van der Waals surface area (Å²) in [5, 5.41) is 0.375. The summed E-state index contributed by atoms with van der Waals surface area (Å²) in [6.45, 7) is 2.22. The lowest BCUT2D eigenvalue weighted by atomic mass is 10.2. The van der Waals surface area contributed by atoms with E-state index < -0.39 is 5.97 Å². The van der Waals surface area contributed by atoms with E-state index in [0.29, 0.717) is 27.3 Å². The van der Waals surface area contributed by atoms with E-state index in [0.717, 1.165) is 0 Å². The van der Waals surface area contributed by atoms with Crippen LogP contribution in [0.3, 0.4) is 0 Å². The monoisotopic (exact) mass is 297 g/mol. The summed E-state index contributed by atoms with van der Waals surface area (Å²) in [5.41, 5.74) is 7.94. The van der Waals surface area contributed by atoms with Crippen molar-refractivity contribution in [2.45, 2.75) is 13.5 Å². The van der Waals surface area contributed by atoms with Crippen LogP contribution in [0.15, 0.2) is 6.07 Å². The molecule has 6 nitrogen and oxygen atoms in total. The molecule has 2 aromatic rings. The average molecular weight is 298 g/mol. The molecule has 0 aliphatic rings. The zero-order valence-corrected chi connectivity index (χ0v) is 12.3. The fourth-order valence-corrected chi connectivity index (χ4v) is 2.37. The molecule has 0 saturated carbocycles. The van der Waals surface area contributed by atoms with Crippen LogP contribution >= 0.6 is 11.6 Å². The van der Waals surface area contributed by atoms with Crippen LogP contribution in [0.5, 0.6) is 5.88 Å². The molecule has 0 bridgehead atoms. The SMILES string of the molecule is CCOC(=O)c1c(CN)n(C)c2cc(Cl)c(OC)nc12. The second-order valence-corrected chi connectivity index (χ2v) is 4.56. The molecule has 0 atom stereocenters. The third-order valence-corrected chi connectivity index (χ3v) is 3.35. The molecule has 0 aromatic carbocycles. The summed E-state index contributed by atoms with van der Waals surface area (Å²) < 4.78 is 12.0. The molecule has 2 N–H and O–H groups in total. The van der Waals surface area contributed by atoms with E-state index in [4.69, 9.17) is 26.8 Å². The molecule has 7 heteroatoms. The normalized spacial score (nSPS) is 10.8. The average Bonchev–Trinajstić information content (AvgIpc) is 2.70. The Morgan fingerprint density at radius 2 is 2.25 bits per heavy atom. The summed E-state index contributed by atoms with van der Waals surface area (Å²) in [5.74, 6) is -0.186. The first kappa shape index (κ1) is 14.6. The molecule has 108 valence electrons. The first-order valence-corrected chi connectivity index (χ1v) is 6.51. The van der Waals surface area contributed by atoms with Crippen molar-refractivity contribution in [2.24, 2.45) is 12.8 Å². The number of methoxy groups -OCH3 is 1. The Bertz CT molecular complexity index is 667. The zero-order chi connectivity index (χ0) is 14.9. The van der Waals surface area contributed by atoms with Gasteiger partial charge in [-0.1, -0.05) is 11.6 Å². The topological polar surface area (TPSA) is 79.4 Å². The molecule has 2 heterocycles. The number of halogens is 1. The van der Waals surface area contributed by atoms with Gasteiger partial charge in [-0.3, -0.25) is 0 Å². The van der Waals surface area contributed by atoms with Crippen molar-refractivity contribution in [3.63, 3.8) is 0 Å². The molecule has 2 rings (SSSR count). The Morgan fingerprint density at radius 3 is 2.80 bits per heavy atom. The maximum atomic E-state index is 12.1. The zero-order valence-electron chi connectivity index (χ0n) is 11.6. The summed E-state index contributed by atoms with van der Waals surface area (Å²) in [4.78, 5) is 16.4. The van der Waals surface area contributed by atoms with E-state index in [1.54, 1.807) is 24.6 Å². The number of carbonyl (C=O) groups excluding carboxylic acids is 1. The highest BCUT2D eigenvalue weighted by Crippen LogP contribution is 2.31. The lowest BCUT2D eigenvalue weighted by Crippen LogP contribution is -2.12. The molecule has 0 radical (unpaired) electrons. The number of aromatic nitrogens is 2. The van der Waals surface area contributed by atoms with Crippen LogP contribution in [0.4, 0.5) is 0 Å². The van der Waals surface area contributed by atoms with Crippen LogP contribution in [-0.4, -0.2) is 29.2 Å². The van der Waals surface area contributed by atoms with Crippen molar-refractivity contribution in [3.8, 4) is 5.88 Å². The van der Waals surface area contributed by atoms with Crippen LogP contribution in [0.2, 0.25) is 5.02 Å². The summed E-state index contributed by atoms with van der Waals surface area (Å²) in [6, 6.07) is 1.70. The van der Waals surface area contributed by atoms with Gasteiger partial charge in [0.15, 0.2) is 0 Å². The number of esters is 1. The summed E-state index contributed by atoms with van der Waals surface area (Å²) in [7, 11) is 3.27. The number of pyridine rings is 1. The first-order valence-electron chi connectivity index (χ1n) is 6.14. The van der Waals surface area contributed by atoms with Crippen LogP contribution in [0.1, 0.15) is 23.0 Å². The number of nitrogens with zero attached hydrogens (tertiary/aromatic N) is 2. The number of hydrogen-bond donors (Lipinski definition) is 1. The van der Waals surface area contributed by atoms with Crippen molar-refractivity contribution < 1.29 is 14.3 Å². The number of carbonyl (C=O) groups is 1. The predicted octanol–water partition coefficient (Wildman–Crippen LogP) is 1.87. The Morgan fingerprint density at radius 1 is 1.55 bits per heavy atom. The van der Waals surface area contributed by atoms with Crippen LogP contribution in [0.25, 0.3) is 11.0 Å². The van der Waals surface area contributed by atoms with Gasteiger partial charge < -0.3 is 19.8 Å². The van der Waals surface area contributed by atoms with Gasteiger partial charge in [-0.25, -0.2) is 9.78 Å². The second-order valence-electron chi connectivity index (χ2n) is 4.15. The number of hydrogen-bond acceptors (Lipinski definition) is 5. The lowest BCUT2D eigenvalue weighted by Gasteiger charge is -2.04. The number of nitrogens with two attached hydrogens (primary N) is 1. The number of ether oxygens (including phenoxy) is 2. The highest BCUT2D eigenvalue weighted by atomic mass is 35.5. The lowest BCUT2D eigenvalue weighted by molar-refractivity contribution is 0.0527. The molecule has 0 aliphatic heterocycles. The first-order chi connectivity index (χ1) is 9.54. The Balaban J connectivity index is 2.79. The molecule has 0 unspecified atom stereocenters. The minimum absolute atomic E-state index is 0.195. The van der Waals surface area contributed by atoms with E-state index >= 15 is 0 Å². The van der Waals surface area contributed by atoms with Gasteiger partial charge in [0.1, 0.15) is 16.1 Å². The van der Waals surface area contributed by atoms with Gasteiger partial charge in [-0.15, -0.1) is 0 Å². The van der Waals surface area contributed by atoms with Gasteiger partial charge in [-0.05, 0) is 13.0 Å². The van der Waals surface area contributed by atoms with Crippen LogP contribution < -0.4 is 10.5 Å².